The summed E-state index contributed by atoms with van der Waals surface area (Å²) in [4.78, 5) is 23.3. The second-order valence-corrected chi connectivity index (χ2v) is 9.35. The van der Waals surface area contributed by atoms with Crippen LogP contribution in [0.4, 0.5) is 11.5 Å². The third-order valence-corrected chi connectivity index (χ3v) is 6.87. The molecule has 1 amide bonds. The van der Waals surface area contributed by atoms with E-state index in [0.717, 1.165) is 72.1 Å². The molecule has 0 saturated carbocycles. The van der Waals surface area contributed by atoms with E-state index >= 15 is 0 Å². The van der Waals surface area contributed by atoms with Crippen molar-refractivity contribution in [2.45, 2.75) is 6.54 Å². The molecule has 0 atom stereocenters. The van der Waals surface area contributed by atoms with E-state index in [-0.39, 0.29) is 5.91 Å². The average Bonchev–Trinajstić information content (AvgIpc) is 3.24. The second-order valence-electron chi connectivity index (χ2n) is 9.35. The number of piperazine rings is 1. The summed E-state index contributed by atoms with van der Waals surface area (Å²) in [6.07, 6.45) is 1.84. The zero-order chi connectivity index (χ0) is 25.2. The molecule has 5 rings (SSSR count). The predicted octanol–water partition coefficient (Wildman–Crippen LogP) is 3.10. The maximum atomic E-state index is 12.2. The van der Waals surface area contributed by atoms with Crippen LogP contribution in [0.5, 0.6) is 0 Å². The number of nitrogens with one attached hydrogen (secondary N) is 1. The highest BCUT2D eigenvalue weighted by atomic mass is 16.2. The number of hydrogen-bond acceptors (Lipinski definition) is 7. The predicted molar refractivity (Wildman–Crippen MR) is 143 cm³/mol. The zero-order valence-electron chi connectivity index (χ0n) is 21.3. The largest absolute Gasteiger partial charge is 0.372 e. The van der Waals surface area contributed by atoms with Crippen molar-refractivity contribution >= 4 is 28.4 Å². The minimum absolute atomic E-state index is 0.0287. The molecule has 1 N–H and O–H groups in total. The summed E-state index contributed by atoms with van der Waals surface area (Å²) in [6, 6.07) is 16.1. The van der Waals surface area contributed by atoms with Crippen LogP contribution in [-0.4, -0.2) is 82.8 Å². The van der Waals surface area contributed by atoms with Crippen LogP contribution >= 0.6 is 0 Å². The summed E-state index contributed by atoms with van der Waals surface area (Å²) in [5, 5.41) is 12.7. The molecule has 1 aliphatic heterocycles. The highest BCUT2D eigenvalue weighted by molar-refractivity contribution is 5.94. The fraction of sp³-hybridized carbons (Fsp3) is 0.333. The normalized spacial score (nSPS) is 14.3. The Morgan fingerprint density at radius 3 is 2.39 bits per heavy atom. The lowest BCUT2D eigenvalue weighted by Crippen LogP contribution is -2.46. The molecule has 36 heavy (non-hydrogen) atoms. The summed E-state index contributed by atoms with van der Waals surface area (Å²) in [5.41, 5.74) is 5.94. The third kappa shape index (κ3) is 4.61. The molecule has 3 aromatic heterocycles. The molecule has 1 aliphatic rings. The lowest BCUT2D eigenvalue weighted by atomic mass is 10.1. The monoisotopic (exact) mass is 484 g/mol. The van der Waals surface area contributed by atoms with E-state index in [1.165, 1.54) is 5.69 Å². The molecule has 4 heterocycles. The van der Waals surface area contributed by atoms with Crippen molar-refractivity contribution in [1.29, 1.82) is 0 Å². The van der Waals surface area contributed by atoms with Crippen LogP contribution in [0, 0.1) is 0 Å². The quantitative estimate of drug-likeness (QED) is 0.450. The van der Waals surface area contributed by atoms with Gasteiger partial charge in [-0.2, -0.15) is 0 Å². The van der Waals surface area contributed by atoms with Crippen molar-refractivity contribution in [3.63, 3.8) is 0 Å². The van der Waals surface area contributed by atoms with E-state index < -0.39 is 0 Å². The molecule has 9 nitrogen and oxygen atoms in total. The Hall–Kier alpha value is -3.98. The first-order valence-electron chi connectivity index (χ1n) is 12.2. The lowest BCUT2D eigenvalue weighted by Gasteiger charge is -2.36. The van der Waals surface area contributed by atoms with Crippen molar-refractivity contribution < 1.29 is 4.79 Å². The van der Waals surface area contributed by atoms with E-state index in [1.807, 2.05) is 43.6 Å². The standard InChI is InChI=1S/C27H32N8O/c1-28-25-10-9-24(30-31-25)22-11-12-29-26-23(22)17-21(33(26)4)18-34-13-15-35(16-14-34)20-7-5-19(6-8-20)27(36)32(2)3/h5-12,17H,13-16,18H2,1-4H3,(H,28,31). The molecule has 0 unspecified atom stereocenters. The van der Waals surface area contributed by atoms with Gasteiger partial charge in [-0.1, -0.05) is 0 Å². The van der Waals surface area contributed by atoms with Gasteiger partial charge in [0.25, 0.3) is 5.91 Å². The summed E-state index contributed by atoms with van der Waals surface area (Å²) in [6.45, 7) is 4.69. The third-order valence-electron chi connectivity index (χ3n) is 6.87. The van der Waals surface area contributed by atoms with Crippen molar-refractivity contribution in [1.82, 2.24) is 29.5 Å². The molecule has 0 bridgehead atoms. The number of carbonyl (C=O) groups excluding carboxylic acids is 1. The van der Waals surface area contributed by atoms with E-state index in [1.54, 1.807) is 19.0 Å². The maximum absolute atomic E-state index is 12.2. The lowest BCUT2D eigenvalue weighted by molar-refractivity contribution is 0.0827. The van der Waals surface area contributed by atoms with Gasteiger partial charge in [0.15, 0.2) is 0 Å². The minimum atomic E-state index is 0.0287. The molecule has 1 saturated heterocycles. The summed E-state index contributed by atoms with van der Waals surface area (Å²) in [5.74, 6) is 0.774. The van der Waals surface area contributed by atoms with E-state index in [0.29, 0.717) is 0 Å². The Kier molecular flexibility index (Phi) is 6.56. The molecular formula is C27H32N8O. The molecule has 186 valence electrons. The number of amides is 1. The topological polar surface area (TPSA) is 82.4 Å². The number of aromatic nitrogens is 4. The SMILES string of the molecule is CNc1ccc(-c2ccnc3c2cc(CN2CCN(c4ccc(C(=O)N(C)C)cc4)CC2)n3C)nn1. The molecule has 0 spiro atoms. The summed E-state index contributed by atoms with van der Waals surface area (Å²) >= 11 is 0. The van der Waals surface area contributed by atoms with Crippen molar-refractivity contribution in [2.75, 3.05) is 57.5 Å². The molecule has 9 heteroatoms. The van der Waals surface area contributed by atoms with Crippen molar-refractivity contribution in [2.24, 2.45) is 7.05 Å². The van der Waals surface area contributed by atoms with Gasteiger partial charge in [0, 0.05) is 95.0 Å². The number of aryl methyl sites for hydroxylation is 1. The molecule has 4 aromatic rings. The van der Waals surface area contributed by atoms with Gasteiger partial charge in [0.05, 0.1) is 5.69 Å². The number of pyridine rings is 1. The molecular weight excluding hydrogens is 452 g/mol. The van der Waals surface area contributed by atoms with Crippen molar-refractivity contribution in [3.05, 3.63) is 66.0 Å². The second kappa shape index (κ2) is 9.94. The van der Waals surface area contributed by atoms with Gasteiger partial charge >= 0.3 is 0 Å². The van der Waals surface area contributed by atoms with E-state index in [2.05, 4.69) is 60.1 Å². The number of benzene rings is 1. The van der Waals surface area contributed by atoms with Gasteiger partial charge in [-0.05, 0) is 48.5 Å². The molecule has 0 radical (unpaired) electrons. The number of hydrogen-bond donors (Lipinski definition) is 1. The van der Waals surface area contributed by atoms with Gasteiger partial charge in [-0.15, -0.1) is 10.2 Å². The minimum Gasteiger partial charge on any atom is -0.372 e. The highest BCUT2D eigenvalue weighted by Gasteiger charge is 2.20. The molecule has 0 aliphatic carbocycles. The molecule has 1 aromatic carbocycles. The Morgan fingerprint density at radius 1 is 1.00 bits per heavy atom. The maximum Gasteiger partial charge on any atom is 0.253 e. The zero-order valence-corrected chi connectivity index (χ0v) is 21.3. The number of rotatable bonds is 6. The fourth-order valence-electron chi connectivity index (χ4n) is 4.72. The number of fused-ring (bicyclic) bond motifs is 1. The van der Waals surface area contributed by atoms with E-state index in [9.17, 15) is 4.79 Å². The van der Waals surface area contributed by atoms with Crippen LogP contribution in [-0.2, 0) is 13.6 Å². The van der Waals surface area contributed by atoms with Crippen LogP contribution in [0.15, 0.2) is 54.7 Å². The van der Waals surface area contributed by atoms with Crippen LogP contribution in [0.3, 0.4) is 0 Å². The Bertz CT molecular complexity index is 1350. The Morgan fingerprint density at radius 2 is 1.75 bits per heavy atom. The van der Waals surface area contributed by atoms with E-state index in [4.69, 9.17) is 0 Å². The smallest absolute Gasteiger partial charge is 0.253 e. The van der Waals surface area contributed by atoms with Crippen LogP contribution in [0.1, 0.15) is 16.1 Å². The first-order valence-corrected chi connectivity index (χ1v) is 12.2. The van der Waals surface area contributed by atoms with Gasteiger partial charge < -0.3 is 19.7 Å². The first kappa shape index (κ1) is 23.7. The number of carbonyl (C=O) groups is 1. The van der Waals surface area contributed by atoms with Crippen LogP contribution < -0.4 is 10.2 Å². The Balaban J connectivity index is 1.28. The number of nitrogens with zero attached hydrogens (tertiary/aromatic N) is 7. The highest BCUT2D eigenvalue weighted by Crippen LogP contribution is 2.29. The summed E-state index contributed by atoms with van der Waals surface area (Å²) < 4.78 is 2.18. The van der Waals surface area contributed by atoms with Gasteiger partial charge in [-0.25, -0.2) is 4.98 Å². The van der Waals surface area contributed by atoms with Gasteiger partial charge in [-0.3, -0.25) is 9.69 Å². The first-order chi connectivity index (χ1) is 17.4. The number of anilines is 2. The fourth-order valence-corrected chi connectivity index (χ4v) is 4.72. The molecule has 1 fully saturated rings. The van der Waals surface area contributed by atoms with Gasteiger partial charge in [0.1, 0.15) is 11.5 Å². The van der Waals surface area contributed by atoms with Crippen LogP contribution in [0.25, 0.3) is 22.3 Å². The van der Waals surface area contributed by atoms with Crippen molar-refractivity contribution in [3.8, 4) is 11.3 Å². The average molecular weight is 485 g/mol. The van der Waals surface area contributed by atoms with Crippen LogP contribution in [0.2, 0.25) is 0 Å². The Labute approximate surface area is 211 Å². The summed E-state index contributed by atoms with van der Waals surface area (Å²) in [7, 11) is 7.47. The van der Waals surface area contributed by atoms with Gasteiger partial charge in [0.2, 0.25) is 0 Å².